The fourth-order valence-electron chi connectivity index (χ4n) is 4.17. The molecule has 1 aliphatic rings. The fourth-order valence-corrected chi connectivity index (χ4v) is 4.17. The van der Waals surface area contributed by atoms with Crippen LogP contribution in [0.1, 0.15) is 44.8 Å². The van der Waals surface area contributed by atoms with Crippen LogP contribution in [0.5, 0.6) is 0 Å². The Morgan fingerprint density at radius 3 is 2.58 bits per heavy atom. The number of pyridine rings is 1. The van der Waals surface area contributed by atoms with Crippen LogP contribution >= 0.6 is 0 Å². The smallest absolute Gasteiger partial charge is 0.263 e. The summed E-state index contributed by atoms with van der Waals surface area (Å²) in [6.07, 6.45) is 2.65. The third-order valence-electron chi connectivity index (χ3n) is 5.97. The standard InChI is InChI=1S/C23H25N5O3/c1-14-12-15(2)26(3)22(30)19(14)23(31)27-11-7-10-18(27)20(29)17-13-25-28(21(17)24)16-8-5-4-6-9-16/h4-6,8-9,12-13,18H,7,10-11,24H2,1-3H3/t18-/m0/s1. The maximum Gasteiger partial charge on any atom is 0.263 e. The number of para-hydroxylation sites is 1. The van der Waals surface area contributed by atoms with Crippen molar-refractivity contribution in [3.63, 3.8) is 0 Å². The number of aryl methyl sites for hydroxylation is 2. The minimum atomic E-state index is -0.673. The highest BCUT2D eigenvalue weighted by Gasteiger charge is 2.38. The normalized spacial score (nSPS) is 16.0. The molecule has 3 aromatic rings. The molecule has 4 rings (SSSR count). The van der Waals surface area contributed by atoms with E-state index in [1.807, 2.05) is 43.3 Å². The summed E-state index contributed by atoms with van der Waals surface area (Å²) in [5.74, 6) is -0.437. The van der Waals surface area contributed by atoms with Gasteiger partial charge in [0.2, 0.25) is 0 Å². The summed E-state index contributed by atoms with van der Waals surface area (Å²) in [7, 11) is 1.64. The molecule has 31 heavy (non-hydrogen) atoms. The molecular weight excluding hydrogens is 394 g/mol. The Morgan fingerprint density at radius 1 is 1.16 bits per heavy atom. The van der Waals surface area contributed by atoms with Gasteiger partial charge in [0, 0.05) is 19.3 Å². The van der Waals surface area contributed by atoms with Gasteiger partial charge in [-0.05, 0) is 50.5 Å². The highest BCUT2D eigenvalue weighted by atomic mass is 16.2. The second-order valence-corrected chi connectivity index (χ2v) is 7.92. The van der Waals surface area contributed by atoms with Crippen molar-refractivity contribution in [3.05, 3.63) is 75.3 Å². The number of nitrogen functional groups attached to an aromatic ring is 1. The quantitative estimate of drug-likeness (QED) is 0.654. The molecule has 1 fully saturated rings. The number of nitrogens with two attached hydrogens (primary N) is 1. The van der Waals surface area contributed by atoms with Gasteiger partial charge in [-0.15, -0.1) is 0 Å². The van der Waals surface area contributed by atoms with Crippen molar-refractivity contribution >= 4 is 17.5 Å². The largest absolute Gasteiger partial charge is 0.383 e. The van der Waals surface area contributed by atoms with Gasteiger partial charge in [0.25, 0.3) is 11.5 Å². The molecule has 0 radical (unpaired) electrons. The van der Waals surface area contributed by atoms with Crippen molar-refractivity contribution in [2.45, 2.75) is 32.7 Å². The van der Waals surface area contributed by atoms with Crippen LogP contribution in [-0.2, 0) is 7.05 Å². The maximum atomic E-state index is 13.3. The minimum Gasteiger partial charge on any atom is -0.383 e. The minimum absolute atomic E-state index is 0.112. The summed E-state index contributed by atoms with van der Waals surface area (Å²) in [6, 6.07) is 10.4. The number of aromatic nitrogens is 3. The Bertz CT molecular complexity index is 1230. The topological polar surface area (TPSA) is 103 Å². The van der Waals surface area contributed by atoms with Crippen LogP contribution < -0.4 is 11.3 Å². The van der Waals surface area contributed by atoms with Crippen molar-refractivity contribution in [1.29, 1.82) is 0 Å². The van der Waals surface area contributed by atoms with E-state index in [-0.39, 0.29) is 28.3 Å². The average molecular weight is 419 g/mol. The predicted octanol–water partition coefficient (Wildman–Crippen LogP) is 2.26. The van der Waals surface area contributed by atoms with Crippen molar-refractivity contribution < 1.29 is 9.59 Å². The third-order valence-corrected chi connectivity index (χ3v) is 5.97. The Kier molecular flexibility index (Phi) is 5.22. The first-order chi connectivity index (χ1) is 14.8. The van der Waals surface area contributed by atoms with Crippen LogP contribution in [0.2, 0.25) is 0 Å². The highest BCUT2D eigenvalue weighted by Crippen LogP contribution is 2.26. The van der Waals surface area contributed by atoms with E-state index in [1.54, 1.807) is 14.0 Å². The SMILES string of the molecule is Cc1cc(C)n(C)c(=O)c1C(=O)N1CCC[C@H]1C(=O)c1cnn(-c2ccccc2)c1N. The third kappa shape index (κ3) is 3.43. The number of anilines is 1. The van der Waals surface area contributed by atoms with Gasteiger partial charge >= 0.3 is 0 Å². The summed E-state index contributed by atoms with van der Waals surface area (Å²) in [5, 5.41) is 4.27. The number of amides is 1. The molecule has 0 saturated carbocycles. The summed E-state index contributed by atoms with van der Waals surface area (Å²) in [6.45, 7) is 3.98. The first kappa shape index (κ1) is 20.6. The van der Waals surface area contributed by atoms with E-state index in [2.05, 4.69) is 5.10 Å². The molecule has 8 heteroatoms. The fraction of sp³-hybridized carbons (Fsp3) is 0.304. The molecule has 8 nitrogen and oxygen atoms in total. The number of hydrogen-bond donors (Lipinski definition) is 1. The lowest BCUT2D eigenvalue weighted by Crippen LogP contribution is -2.43. The van der Waals surface area contributed by atoms with E-state index in [4.69, 9.17) is 5.73 Å². The molecule has 1 amide bonds. The summed E-state index contributed by atoms with van der Waals surface area (Å²) in [5.41, 5.74) is 8.42. The van der Waals surface area contributed by atoms with Crippen molar-refractivity contribution in [1.82, 2.24) is 19.2 Å². The molecule has 1 atom stereocenters. The monoisotopic (exact) mass is 419 g/mol. The predicted molar refractivity (Wildman–Crippen MR) is 118 cm³/mol. The zero-order valence-corrected chi connectivity index (χ0v) is 17.8. The number of hydrogen-bond acceptors (Lipinski definition) is 5. The zero-order valence-electron chi connectivity index (χ0n) is 17.8. The number of carbonyl (C=O) groups is 2. The van der Waals surface area contributed by atoms with Crippen LogP contribution in [0.3, 0.4) is 0 Å². The Balaban J connectivity index is 1.67. The van der Waals surface area contributed by atoms with Gasteiger partial charge in [-0.25, -0.2) is 4.68 Å². The van der Waals surface area contributed by atoms with Crippen molar-refractivity contribution in [2.24, 2.45) is 7.05 Å². The highest BCUT2D eigenvalue weighted by molar-refractivity contribution is 6.07. The molecule has 160 valence electrons. The van der Waals surface area contributed by atoms with E-state index in [0.29, 0.717) is 24.9 Å². The van der Waals surface area contributed by atoms with E-state index < -0.39 is 11.9 Å². The number of nitrogens with zero attached hydrogens (tertiary/aromatic N) is 4. The summed E-state index contributed by atoms with van der Waals surface area (Å²) in [4.78, 5) is 40.9. The number of ketones is 1. The molecular formula is C23H25N5O3. The van der Waals surface area contributed by atoms with Gasteiger partial charge in [-0.3, -0.25) is 14.4 Å². The van der Waals surface area contributed by atoms with Crippen molar-refractivity contribution in [3.8, 4) is 5.69 Å². The molecule has 1 saturated heterocycles. The lowest BCUT2D eigenvalue weighted by atomic mass is 10.0. The first-order valence-electron chi connectivity index (χ1n) is 10.2. The second-order valence-electron chi connectivity index (χ2n) is 7.92. The summed E-state index contributed by atoms with van der Waals surface area (Å²) < 4.78 is 2.96. The number of likely N-dealkylation sites (tertiary alicyclic amines) is 1. The van der Waals surface area contributed by atoms with Gasteiger partial charge in [0.05, 0.1) is 23.5 Å². The molecule has 1 aliphatic heterocycles. The van der Waals surface area contributed by atoms with Gasteiger partial charge in [-0.1, -0.05) is 18.2 Å². The lowest BCUT2D eigenvalue weighted by Gasteiger charge is -2.24. The average Bonchev–Trinajstić information content (AvgIpc) is 3.39. The maximum absolute atomic E-state index is 13.3. The molecule has 0 aliphatic carbocycles. The number of benzene rings is 1. The van der Waals surface area contributed by atoms with Gasteiger partial charge in [-0.2, -0.15) is 5.10 Å². The first-order valence-corrected chi connectivity index (χ1v) is 10.2. The van der Waals surface area contributed by atoms with E-state index >= 15 is 0 Å². The van der Waals surface area contributed by atoms with E-state index in [1.165, 1.54) is 20.3 Å². The number of Topliss-reactive ketones (excluding diaryl/α,β-unsaturated/α-hetero) is 1. The van der Waals surface area contributed by atoms with E-state index in [9.17, 15) is 14.4 Å². The van der Waals surface area contributed by atoms with Crippen LogP contribution in [-0.4, -0.2) is 43.5 Å². The Hall–Kier alpha value is -3.68. The van der Waals surface area contributed by atoms with Gasteiger partial charge in [0.1, 0.15) is 11.4 Å². The molecule has 3 heterocycles. The van der Waals surface area contributed by atoms with Crippen LogP contribution in [0.15, 0.2) is 47.4 Å². The second kappa shape index (κ2) is 7.86. The Morgan fingerprint density at radius 2 is 1.87 bits per heavy atom. The molecule has 0 spiro atoms. The van der Waals surface area contributed by atoms with Crippen LogP contribution in [0, 0.1) is 13.8 Å². The lowest BCUT2D eigenvalue weighted by molar-refractivity contribution is 0.0669. The van der Waals surface area contributed by atoms with Crippen LogP contribution in [0.4, 0.5) is 5.82 Å². The van der Waals surface area contributed by atoms with Gasteiger partial charge in [0.15, 0.2) is 5.78 Å². The number of rotatable bonds is 4. The number of carbonyl (C=O) groups excluding carboxylic acids is 2. The molecule has 2 aromatic heterocycles. The summed E-state index contributed by atoms with van der Waals surface area (Å²) >= 11 is 0. The molecule has 1 aromatic carbocycles. The Labute approximate surface area is 179 Å². The van der Waals surface area contributed by atoms with Crippen molar-refractivity contribution in [2.75, 3.05) is 12.3 Å². The molecule has 2 N–H and O–H groups in total. The van der Waals surface area contributed by atoms with Gasteiger partial charge < -0.3 is 15.2 Å². The zero-order chi connectivity index (χ0) is 22.3. The molecule has 0 bridgehead atoms. The van der Waals surface area contributed by atoms with E-state index in [0.717, 1.165) is 11.4 Å². The molecule has 0 unspecified atom stereocenters. The van der Waals surface area contributed by atoms with Crippen LogP contribution in [0.25, 0.3) is 5.69 Å².